The Labute approximate surface area is 126 Å². The summed E-state index contributed by atoms with van der Waals surface area (Å²) in [6, 6.07) is 5.75. The van der Waals surface area contributed by atoms with Gasteiger partial charge in [0.15, 0.2) is 0 Å². The smallest absolute Gasteiger partial charge is 0.336 e. The summed E-state index contributed by atoms with van der Waals surface area (Å²) >= 11 is 1.06. The Morgan fingerprint density at radius 3 is 2.67 bits per heavy atom. The second-order valence-corrected chi connectivity index (χ2v) is 4.90. The SMILES string of the molecule is COCCNC(=O)NC(=O)CSc1ccccc1C(=O)O. The first-order valence-corrected chi connectivity index (χ1v) is 7.05. The van der Waals surface area contributed by atoms with E-state index in [1.807, 2.05) is 0 Å². The van der Waals surface area contributed by atoms with Crippen LogP contribution in [0.15, 0.2) is 29.2 Å². The summed E-state index contributed by atoms with van der Waals surface area (Å²) in [4.78, 5) is 34.4. The van der Waals surface area contributed by atoms with Crippen LogP contribution in [0, 0.1) is 0 Å². The highest BCUT2D eigenvalue weighted by atomic mass is 32.2. The monoisotopic (exact) mass is 312 g/mol. The molecule has 0 bridgehead atoms. The number of carboxylic acid groups (broad SMARTS) is 1. The van der Waals surface area contributed by atoms with Crippen LogP contribution in [0.25, 0.3) is 0 Å². The first-order chi connectivity index (χ1) is 10.0. The molecule has 3 amide bonds. The highest BCUT2D eigenvalue weighted by molar-refractivity contribution is 8.00. The fourth-order valence-corrected chi connectivity index (χ4v) is 2.23. The maximum atomic E-state index is 11.6. The molecule has 21 heavy (non-hydrogen) atoms. The zero-order valence-corrected chi connectivity index (χ0v) is 12.2. The Morgan fingerprint density at radius 1 is 1.29 bits per heavy atom. The number of hydrogen-bond donors (Lipinski definition) is 3. The number of amides is 3. The molecular weight excluding hydrogens is 296 g/mol. The van der Waals surface area contributed by atoms with E-state index in [1.165, 1.54) is 13.2 Å². The third-order valence-corrected chi connectivity index (χ3v) is 3.39. The fourth-order valence-electron chi connectivity index (χ4n) is 1.39. The normalized spacial score (nSPS) is 9.95. The van der Waals surface area contributed by atoms with E-state index in [4.69, 9.17) is 9.84 Å². The molecule has 0 aromatic heterocycles. The van der Waals surface area contributed by atoms with Crippen molar-refractivity contribution in [1.82, 2.24) is 10.6 Å². The van der Waals surface area contributed by atoms with Crippen LogP contribution in [0.4, 0.5) is 4.79 Å². The van der Waals surface area contributed by atoms with Gasteiger partial charge in [0.1, 0.15) is 0 Å². The molecule has 8 heteroatoms. The minimum absolute atomic E-state index is 0.0536. The number of imide groups is 1. The maximum absolute atomic E-state index is 11.6. The maximum Gasteiger partial charge on any atom is 0.336 e. The van der Waals surface area contributed by atoms with Gasteiger partial charge in [-0.3, -0.25) is 10.1 Å². The van der Waals surface area contributed by atoms with E-state index in [1.54, 1.807) is 18.2 Å². The molecule has 0 aliphatic carbocycles. The lowest BCUT2D eigenvalue weighted by Crippen LogP contribution is -2.41. The summed E-state index contributed by atoms with van der Waals surface area (Å²) in [5, 5.41) is 13.6. The molecule has 1 aromatic rings. The largest absolute Gasteiger partial charge is 0.478 e. The van der Waals surface area contributed by atoms with Crippen molar-refractivity contribution in [1.29, 1.82) is 0 Å². The zero-order chi connectivity index (χ0) is 15.7. The predicted octanol–water partition coefficient (Wildman–Crippen LogP) is 0.949. The lowest BCUT2D eigenvalue weighted by atomic mass is 10.2. The molecule has 0 aliphatic heterocycles. The number of methoxy groups -OCH3 is 1. The second-order valence-electron chi connectivity index (χ2n) is 3.89. The Morgan fingerprint density at radius 2 is 2.00 bits per heavy atom. The summed E-state index contributed by atoms with van der Waals surface area (Å²) in [7, 11) is 1.50. The van der Waals surface area contributed by atoms with Crippen molar-refractivity contribution in [3.63, 3.8) is 0 Å². The van der Waals surface area contributed by atoms with Crippen molar-refractivity contribution in [2.75, 3.05) is 26.0 Å². The number of aromatic carboxylic acids is 1. The number of carbonyl (C=O) groups is 3. The summed E-state index contributed by atoms with van der Waals surface area (Å²) in [5.74, 6) is -1.62. The van der Waals surface area contributed by atoms with Gasteiger partial charge in [-0.2, -0.15) is 0 Å². The number of benzene rings is 1. The minimum atomic E-state index is -1.06. The number of hydrogen-bond acceptors (Lipinski definition) is 5. The van der Waals surface area contributed by atoms with E-state index in [0.717, 1.165) is 11.8 Å². The van der Waals surface area contributed by atoms with Crippen LogP contribution in [0.5, 0.6) is 0 Å². The van der Waals surface area contributed by atoms with E-state index in [9.17, 15) is 14.4 Å². The summed E-state index contributed by atoms with van der Waals surface area (Å²) < 4.78 is 4.75. The first kappa shape index (κ1) is 17.0. The highest BCUT2D eigenvalue weighted by Crippen LogP contribution is 2.22. The number of carboxylic acids is 1. The topological polar surface area (TPSA) is 105 Å². The van der Waals surface area contributed by atoms with Crippen molar-refractivity contribution in [2.45, 2.75) is 4.90 Å². The molecule has 0 atom stereocenters. The third-order valence-electron chi connectivity index (χ3n) is 2.32. The van der Waals surface area contributed by atoms with Gasteiger partial charge in [-0.25, -0.2) is 9.59 Å². The first-order valence-electron chi connectivity index (χ1n) is 6.06. The lowest BCUT2D eigenvalue weighted by Gasteiger charge is -2.07. The Kier molecular flexibility index (Phi) is 7.27. The van der Waals surface area contributed by atoms with E-state index in [2.05, 4.69) is 10.6 Å². The van der Waals surface area contributed by atoms with Crippen LogP contribution in [0.1, 0.15) is 10.4 Å². The van der Waals surface area contributed by atoms with Crippen LogP contribution in [0.3, 0.4) is 0 Å². The quantitative estimate of drug-likeness (QED) is 0.511. The zero-order valence-electron chi connectivity index (χ0n) is 11.4. The number of ether oxygens (including phenoxy) is 1. The lowest BCUT2D eigenvalue weighted by molar-refractivity contribution is -0.117. The van der Waals surface area contributed by atoms with Crippen LogP contribution in [-0.4, -0.2) is 49.0 Å². The minimum Gasteiger partial charge on any atom is -0.478 e. The number of carbonyl (C=O) groups excluding carboxylic acids is 2. The third kappa shape index (κ3) is 6.28. The van der Waals surface area contributed by atoms with E-state index in [-0.39, 0.29) is 11.3 Å². The molecule has 3 N–H and O–H groups in total. The molecule has 0 radical (unpaired) electrons. The Bertz CT molecular complexity index is 521. The van der Waals surface area contributed by atoms with Gasteiger partial charge in [0, 0.05) is 18.6 Å². The average molecular weight is 312 g/mol. The molecular formula is C13H16N2O5S. The van der Waals surface area contributed by atoms with Gasteiger partial charge in [-0.05, 0) is 12.1 Å². The molecule has 0 unspecified atom stereocenters. The molecule has 0 spiro atoms. The van der Waals surface area contributed by atoms with Crippen LogP contribution in [0.2, 0.25) is 0 Å². The number of thioether (sulfide) groups is 1. The summed E-state index contributed by atoms with van der Waals surface area (Å²) in [5.41, 5.74) is 0.125. The standard InChI is InChI=1S/C13H16N2O5S/c1-20-7-6-14-13(19)15-11(16)8-21-10-5-3-2-4-9(10)12(17)18/h2-5H,6-8H2,1H3,(H,17,18)(H2,14,15,16,19). The van der Waals surface area contributed by atoms with Crippen molar-refractivity contribution in [3.8, 4) is 0 Å². The van der Waals surface area contributed by atoms with Gasteiger partial charge in [-0.1, -0.05) is 12.1 Å². The van der Waals surface area contributed by atoms with Crippen LogP contribution in [-0.2, 0) is 9.53 Å². The summed E-state index contributed by atoms with van der Waals surface area (Å²) in [6.07, 6.45) is 0. The second kappa shape index (κ2) is 8.98. The molecule has 0 saturated heterocycles. The van der Waals surface area contributed by atoms with Crippen LogP contribution >= 0.6 is 11.8 Å². The van der Waals surface area contributed by atoms with Gasteiger partial charge >= 0.3 is 12.0 Å². The Hall–Kier alpha value is -2.06. The van der Waals surface area contributed by atoms with Gasteiger partial charge in [0.25, 0.3) is 0 Å². The summed E-state index contributed by atoms with van der Waals surface area (Å²) in [6.45, 7) is 0.646. The molecule has 114 valence electrons. The van der Waals surface area contributed by atoms with Crippen molar-refractivity contribution >= 4 is 29.7 Å². The molecule has 7 nitrogen and oxygen atoms in total. The molecule has 0 fully saturated rings. The van der Waals surface area contributed by atoms with Gasteiger partial charge in [0.2, 0.25) is 5.91 Å². The van der Waals surface area contributed by atoms with Crippen LogP contribution < -0.4 is 10.6 Å². The van der Waals surface area contributed by atoms with Gasteiger partial charge in [-0.15, -0.1) is 11.8 Å². The van der Waals surface area contributed by atoms with E-state index in [0.29, 0.717) is 18.0 Å². The molecule has 0 saturated carbocycles. The predicted molar refractivity (Wildman–Crippen MR) is 77.5 cm³/mol. The number of nitrogens with one attached hydrogen (secondary N) is 2. The molecule has 1 rings (SSSR count). The highest BCUT2D eigenvalue weighted by Gasteiger charge is 2.12. The molecule has 0 heterocycles. The molecule has 0 aliphatic rings. The average Bonchev–Trinajstić information content (AvgIpc) is 2.45. The number of urea groups is 1. The fraction of sp³-hybridized carbons (Fsp3) is 0.308. The van der Waals surface area contributed by atoms with E-state index >= 15 is 0 Å². The van der Waals surface area contributed by atoms with Gasteiger partial charge < -0.3 is 15.2 Å². The van der Waals surface area contributed by atoms with E-state index < -0.39 is 17.9 Å². The number of rotatable bonds is 7. The van der Waals surface area contributed by atoms with Crippen molar-refractivity contribution < 1.29 is 24.2 Å². The van der Waals surface area contributed by atoms with Crippen molar-refractivity contribution in [2.24, 2.45) is 0 Å². The van der Waals surface area contributed by atoms with Gasteiger partial charge in [0.05, 0.1) is 17.9 Å². The van der Waals surface area contributed by atoms with Crippen molar-refractivity contribution in [3.05, 3.63) is 29.8 Å². The molecule has 1 aromatic carbocycles. The Balaban J connectivity index is 2.43.